The number of carbonyl (C=O) groups is 1. The van der Waals surface area contributed by atoms with E-state index in [0.717, 1.165) is 46.5 Å². The number of ether oxygens (including phenoxy) is 3. The van der Waals surface area contributed by atoms with E-state index in [9.17, 15) is 4.79 Å². The lowest BCUT2D eigenvalue weighted by atomic mass is 9.86. The molecule has 39 heavy (non-hydrogen) atoms. The number of amides is 1. The molecule has 0 radical (unpaired) electrons. The molecule has 1 aliphatic rings. The summed E-state index contributed by atoms with van der Waals surface area (Å²) in [4.78, 5) is 19.9. The summed E-state index contributed by atoms with van der Waals surface area (Å²) in [5, 5.41) is 0. The topological polar surface area (TPSA) is 60.9 Å². The van der Waals surface area contributed by atoms with E-state index in [2.05, 4.69) is 70.2 Å². The van der Waals surface area contributed by atoms with E-state index in [1.165, 1.54) is 5.56 Å². The van der Waals surface area contributed by atoms with Crippen LogP contribution in [0.4, 0.5) is 0 Å². The number of carbonyl (C=O) groups excluding carboxylic acids is 1. The Kier molecular flexibility index (Phi) is 8.63. The number of aromatic nitrogens is 1. The molecule has 3 aromatic rings. The van der Waals surface area contributed by atoms with Crippen molar-refractivity contribution in [2.45, 2.75) is 65.0 Å². The summed E-state index contributed by atoms with van der Waals surface area (Å²) in [6.45, 7) is 9.18. The number of hydrogen-bond acceptors (Lipinski definition) is 5. The Morgan fingerprint density at radius 3 is 2.31 bits per heavy atom. The predicted octanol–water partition coefficient (Wildman–Crippen LogP) is 6.59. The minimum absolute atomic E-state index is 0.0543. The first-order valence-electron chi connectivity index (χ1n) is 13.6. The van der Waals surface area contributed by atoms with E-state index < -0.39 is 0 Å². The monoisotopic (exact) mass is 528 g/mol. The Morgan fingerprint density at radius 1 is 0.974 bits per heavy atom. The predicted molar refractivity (Wildman–Crippen MR) is 156 cm³/mol. The summed E-state index contributed by atoms with van der Waals surface area (Å²) in [6.07, 6.45) is 4.28. The molecule has 1 aromatic heterocycles. The van der Waals surface area contributed by atoms with E-state index >= 15 is 0 Å². The Morgan fingerprint density at radius 2 is 1.69 bits per heavy atom. The lowest BCUT2D eigenvalue weighted by Crippen LogP contribution is -2.31. The molecule has 0 unspecified atom stereocenters. The first-order chi connectivity index (χ1) is 18.7. The molecule has 1 atom stereocenters. The third kappa shape index (κ3) is 6.27. The second-order valence-corrected chi connectivity index (χ2v) is 10.9. The molecule has 1 fully saturated rings. The minimum atomic E-state index is -0.0831. The molecule has 0 aliphatic carbocycles. The van der Waals surface area contributed by atoms with Crippen LogP contribution >= 0.6 is 0 Å². The van der Waals surface area contributed by atoms with Crippen LogP contribution in [0.2, 0.25) is 0 Å². The average Bonchev–Trinajstić information content (AvgIpc) is 3.29. The van der Waals surface area contributed by atoms with Crippen LogP contribution in [0.5, 0.6) is 17.4 Å². The van der Waals surface area contributed by atoms with Crippen molar-refractivity contribution in [2.75, 3.05) is 21.3 Å². The SMILES string of the molecule is CCc1ccc(/C(=C/[C@H]2CCC(=O)N2Cc2ccc(OC)cc2OC)c2ccc(C(C)(C)C)cc2)nc1OC. The molecular formula is C33H40N2O4. The van der Waals surface area contributed by atoms with Crippen molar-refractivity contribution in [3.8, 4) is 17.4 Å². The fourth-order valence-electron chi connectivity index (χ4n) is 5.04. The number of nitrogens with zero attached hydrogens (tertiary/aromatic N) is 2. The van der Waals surface area contributed by atoms with Crippen molar-refractivity contribution in [3.05, 3.63) is 88.6 Å². The van der Waals surface area contributed by atoms with E-state index in [4.69, 9.17) is 19.2 Å². The van der Waals surface area contributed by atoms with Crippen molar-refractivity contribution >= 4 is 11.5 Å². The van der Waals surface area contributed by atoms with Gasteiger partial charge in [-0.05, 0) is 47.6 Å². The van der Waals surface area contributed by atoms with Crippen LogP contribution in [0.1, 0.15) is 68.5 Å². The summed E-state index contributed by atoms with van der Waals surface area (Å²) in [5.74, 6) is 2.19. The van der Waals surface area contributed by atoms with Crippen molar-refractivity contribution in [1.82, 2.24) is 9.88 Å². The second kappa shape index (κ2) is 11.9. The molecule has 1 saturated heterocycles. The van der Waals surface area contributed by atoms with Crippen molar-refractivity contribution in [3.63, 3.8) is 0 Å². The molecule has 0 N–H and O–H groups in total. The first-order valence-corrected chi connectivity index (χ1v) is 13.6. The number of pyridine rings is 1. The van der Waals surface area contributed by atoms with E-state index in [1.54, 1.807) is 21.3 Å². The summed E-state index contributed by atoms with van der Waals surface area (Å²) < 4.78 is 16.6. The van der Waals surface area contributed by atoms with E-state index in [0.29, 0.717) is 24.6 Å². The average molecular weight is 529 g/mol. The van der Waals surface area contributed by atoms with E-state index in [-0.39, 0.29) is 17.4 Å². The van der Waals surface area contributed by atoms with Gasteiger partial charge in [-0.1, -0.05) is 64.1 Å². The molecule has 6 heteroatoms. The largest absolute Gasteiger partial charge is 0.497 e. The summed E-state index contributed by atoms with van der Waals surface area (Å²) in [6, 6.07) is 18.4. The number of rotatable bonds is 9. The lowest BCUT2D eigenvalue weighted by molar-refractivity contribution is -0.129. The van der Waals surface area contributed by atoms with Crippen LogP contribution in [-0.4, -0.2) is 43.2 Å². The molecular weight excluding hydrogens is 488 g/mol. The number of benzene rings is 2. The van der Waals surface area contributed by atoms with Gasteiger partial charge in [0.1, 0.15) is 11.5 Å². The Bertz CT molecular complexity index is 1340. The highest BCUT2D eigenvalue weighted by Crippen LogP contribution is 2.34. The minimum Gasteiger partial charge on any atom is -0.497 e. The van der Waals surface area contributed by atoms with Gasteiger partial charge < -0.3 is 19.1 Å². The Balaban J connectivity index is 1.77. The molecule has 0 saturated carbocycles. The molecule has 2 heterocycles. The maximum absolute atomic E-state index is 13.1. The molecule has 6 nitrogen and oxygen atoms in total. The maximum atomic E-state index is 13.1. The lowest BCUT2D eigenvalue weighted by Gasteiger charge is -2.25. The van der Waals surface area contributed by atoms with Crippen LogP contribution < -0.4 is 14.2 Å². The van der Waals surface area contributed by atoms with Crippen LogP contribution in [-0.2, 0) is 23.2 Å². The molecule has 2 aromatic carbocycles. The standard InChI is InChI=1S/C33H40N2O4/c1-8-22-12-17-29(34-32(22)39-7)28(23-9-13-25(14-10-23)33(2,3)4)19-26-15-18-31(36)35(26)21-24-11-16-27(37-5)20-30(24)38-6/h9-14,16-17,19-20,26H,8,15,18,21H2,1-7H3/b28-19+/t26-/m1/s1. The molecule has 4 rings (SSSR count). The highest BCUT2D eigenvalue weighted by atomic mass is 16.5. The molecule has 1 aliphatic heterocycles. The van der Waals surface area contributed by atoms with E-state index in [1.807, 2.05) is 23.1 Å². The quantitative estimate of drug-likeness (QED) is 0.314. The summed E-state index contributed by atoms with van der Waals surface area (Å²) in [7, 11) is 4.93. The zero-order chi connectivity index (χ0) is 28.2. The van der Waals surface area contributed by atoms with Gasteiger partial charge in [0.05, 0.1) is 33.1 Å². The summed E-state index contributed by atoms with van der Waals surface area (Å²) >= 11 is 0. The van der Waals surface area contributed by atoms with Gasteiger partial charge in [-0.2, -0.15) is 0 Å². The normalized spacial score (nSPS) is 16.0. The van der Waals surface area contributed by atoms with Gasteiger partial charge in [-0.3, -0.25) is 4.79 Å². The molecule has 206 valence electrons. The zero-order valence-electron chi connectivity index (χ0n) is 24.2. The Hall–Kier alpha value is -3.80. The molecule has 1 amide bonds. The zero-order valence-corrected chi connectivity index (χ0v) is 24.2. The highest BCUT2D eigenvalue weighted by molar-refractivity contribution is 5.83. The second-order valence-electron chi connectivity index (χ2n) is 10.9. The summed E-state index contributed by atoms with van der Waals surface area (Å²) in [5.41, 5.74) is 6.20. The number of likely N-dealkylation sites (tertiary alicyclic amines) is 1. The fraction of sp³-hybridized carbons (Fsp3) is 0.394. The van der Waals surface area contributed by atoms with Gasteiger partial charge in [0.25, 0.3) is 0 Å². The Labute approximate surface area is 232 Å². The molecule has 0 spiro atoms. The van der Waals surface area contributed by atoms with Crippen molar-refractivity contribution in [1.29, 1.82) is 0 Å². The van der Waals surface area contributed by atoms with Crippen LogP contribution in [0.3, 0.4) is 0 Å². The fourth-order valence-corrected chi connectivity index (χ4v) is 5.04. The number of methoxy groups -OCH3 is 3. The third-order valence-corrected chi connectivity index (χ3v) is 7.42. The number of hydrogen-bond donors (Lipinski definition) is 0. The van der Waals surface area contributed by atoms with Crippen molar-refractivity contribution in [2.24, 2.45) is 0 Å². The van der Waals surface area contributed by atoms with Gasteiger partial charge in [0, 0.05) is 35.7 Å². The number of aryl methyl sites for hydroxylation is 1. The van der Waals surface area contributed by atoms with Gasteiger partial charge in [-0.25, -0.2) is 4.98 Å². The van der Waals surface area contributed by atoms with Crippen LogP contribution in [0.15, 0.2) is 60.7 Å². The van der Waals surface area contributed by atoms with Crippen LogP contribution in [0, 0.1) is 0 Å². The highest BCUT2D eigenvalue weighted by Gasteiger charge is 2.31. The smallest absolute Gasteiger partial charge is 0.223 e. The maximum Gasteiger partial charge on any atom is 0.223 e. The molecule has 0 bridgehead atoms. The van der Waals surface area contributed by atoms with Gasteiger partial charge >= 0.3 is 0 Å². The first kappa shape index (κ1) is 28.2. The van der Waals surface area contributed by atoms with Gasteiger partial charge in [-0.15, -0.1) is 0 Å². The third-order valence-electron chi connectivity index (χ3n) is 7.42. The van der Waals surface area contributed by atoms with Crippen molar-refractivity contribution < 1.29 is 19.0 Å². The van der Waals surface area contributed by atoms with Crippen LogP contribution in [0.25, 0.3) is 5.57 Å². The van der Waals surface area contributed by atoms with Gasteiger partial charge in [0.15, 0.2) is 0 Å². The van der Waals surface area contributed by atoms with Gasteiger partial charge in [0.2, 0.25) is 11.8 Å².